The van der Waals surface area contributed by atoms with E-state index in [1.54, 1.807) is 0 Å². The molecule has 0 spiro atoms. The van der Waals surface area contributed by atoms with Gasteiger partial charge in [-0.05, 0) is 62.8 Å². The Morgan fingerprint density at radius 2 is 2.21 bits per heavy atom. The van der Waals surface area contributed by atoms with E-state index in [0.29, 0.717) is 5.54 Å². The molecule has 1 aliphatic heterocycles. The number of ether oxygens (including phenoxy) is 1. The lowest BCUT2D eigenvalue weighted by Crippen LogP contribution is -2.43. The number of rotatable bonds is 6. The first-order chi connectivity index (χ1) is 9.13. The van der Waals surface area contributed by atoms with Crippen molar-refractivity contribution in [2.75, 3.05) is 13.2 Å². The van der Waals surface area contributed by atoms with Crippen molar-refractivity contribution < 1.29 is 4.74 Å². The predicted molar refractivity (Wildman–Crippen MR) is 80.7 cm³/mol. The van der Waals surface area contributed by atoms with E-state index >= 15 is 0 Å². The van der Waals surface area contributed by atoms with Gasteiger partial charge in [0.15, 0.2) is 0 Å². The number of hydrogen-bond acceptors (Lipinski definition) is 2. The average Bonchev–Trinajstić information content (AvgIpc) is 2.77. The molecule has 1 aromatic carbocycles. The summed E-state index contributed by atoms with van der Waals surface area (Å²) in [7, 11) is 0. The van der Waals surface area contributed by atoms with Crippen LogP contribution in [0.1, 0.15) is 45.6 Å². The number of nitrogens with one attached hydrogen (secondary N) is 1. The highest BCUT2D eigenvalue weighted by atomic mass is 16.5. The summed E-state index contributed by atoms with van der Waals surface area (Å²) in [6.45, 7) is 8.57. The summed E-state index contributed by atoms with van der Waals surface area (Å²) in [6.07, 6.45) is 4.97. The molecule has 2 nitrogen and oxygen atoms in total. The maximum absolute atomic E-state index is 5.60. The molecule has 2 rings (SSSR count). The van der Waals surface area contributed by atoms with E-state index in [1.165, 1.54) is 24.8 Å². The minimum atomic E-state index is 0.305. The van der Waals surface area contributed by atoms with Crippen LogP contribution < -0.4 is 10.1 Å². The van der Waals surface area contributed by atoms with Crippen molar-refractivity contribution in [2.45, 2.75) is 52.0 Å². The van der Waals surface area contributed by atoms with Gasteiger partial charge in [0.25, 0.3) is 0 Å². The summed E-state index contributed by atoms with van der Waals surface area (Å²) < 4.78 is 5.60. The quantitative estimate of drug-likeness (QED) is 0.841. The molecular weight excluding hydrogens is 234 g/mol. The maximum atomic E-state index is 5.60. The number of benzene rings is 1. The van der Waals surface area contributed by atoms with Crippen molar-refractivity contribution in [2.24, 2.45) is 5.92 Å². The van der Waals surface area contributed by atoms with Crippen LogP contribution in [-0.4, -0.2) is 18.7 Å². The van der Waals surface area contributed by atoms with Crippen LogP contribution in [0.4, 0.5) is 0 Å². The summed E-state index contributed by atoms with van der Waals surface area (Å²) in [5, 5.41) is 3.76. The molecule has 0 aliphatic carbocycles. The van der Waals surface area contributed by atoms with Crippen LogP contribution in [0.3, 0.4) is 0 Å². The summed E-state index contributed by atoms with van der Waals surface area (Å²) in [4.78, 5) is 0. The summed E-state index contributed by atoms with van der Waals surface area (Å²) >= 11 is 0. The van der Waals surface area contributed by atoms with E-state index in [4.69, 9.17) is 4.74 Å². The average molecular weight is 261 g/mol. The van der Waals surface area contributed by atoms with E-state index in [2.05, 4.69) is 37.4 Å². The second-order valence-corrected chi connectivity index (χ2v) is 6.17. The molecular formula is C17H27NO. The van der Waals surface area contributed by atoms with Crippen molar-refractivity contribution in [3.63, 3.8) is 0 Å². The fourth-order valence-corrected chi connectivity index (χ4v) is 3.35. The normalized spacial score (nSPS) is 22.9. The molecule has 106 valence electrons. The predicted octanol–water partition coefficient (Wildman–Crippen LogP) is 3.80. The molecule has 1 N–H and O–H groups in total. The highest BCUT2D eigenvalue weighted by molar-refractivity contribution is 5.30. The second-order valence-electron chi connectivity index (χ2n) is 6.17. The van der Waals surface area contributed by atoms with Crippen LogP contribution in [0.15, 0.2) is 24.3 Å². The van der Waals surface area contributed by atoms with E-state index in [-0.39, 0.29) is 0 Å². The zero-order valence-corrected chi connectivity index (χ0v) is 12.5. The smallest absolute Gasteiger partial charge is 0.119 e. The Balaban J connectivity index is 2.10. The van der Waals surface area contributed by atoms with Crippen LogP contribution in [0.25, 0.3) is 0 Å². The Hall–Kier alpha value is -1.02. The van der Waals surface area contributed by atoms with Crippen molar-refractivity contribution in [3.8, 4) is 5.75 Å². The lowest BCUT2D eigenvalue weighted by atomic mass is 9.82. The first-order valence-corrected chi connectivity index (χ1v) is 7.60. The fourth-order valence-electron chi connectivity index (χ4n) is 3.35. The third kappa shape index (κ3) is 3.97. The Bertz CT molecular complexity index is 394. The number of hydrogen-bond donors (Lipinski definition) is 1. The lowest BCUT2D eigenvalue weighted by molar-refractivity contribution is 0.300. The van der Waals surface area contributed by atoms with Crippen molar-refractivity contribution in [3.05, 3.63) is 29.8 Å². The van der Waals surface area contributed by atoms with Gasteiger partial charge in [0, 0.05) is 5.54 Å². The minimum absolute atomic E-state index is 0.305. The van der Waals surface area contributed by atoms with Gasteiger partial charge in [0.2, 0.25) is 0 Å². The van der Waals surface area contributed by atoms with Crippen LogP contribution in [0.5, 0.6) is 5.75 Å². The van der Waals surface area contributed by atoms with Gasteiger partial charge >= 0.3 is 0 Å². The minimum Gasteiger partial charge on any atom is -0.494 e. The molecule has 1 saturated heterocycles. The molecule has 1 unspecified atom stereocenters. The van der Waals surface area contributed by atoms with Crippen molar-refractivity contribution >= 4 is 0 Å². The summed E-state index contributed by atoms with van der Waals surface area (Å²) in [6, 6.07) is 8.58. The van der Waals surface area contributed by atoms with E-state index < -0.39 is 0 Å². The monoisotopic (exact) mass is 261 g/mol. The highest BCUT2D eigenvalue weighted by Gasteiger charge is 2.33. The molecule has 1 atom stereocenters. The third-order valence-electron chi connectivity index (χ3n) is 3.88. The fraction of sp³-hybridized carbons (Fsp3) is 0.647. The van der Waals surface area contributed by atoms with Gasteiger partial charge in [-0.2, -0.15) is 0 Å². The van der Waals surface area contributed by atoms with Gasteiger partial charge in [-0.15, -0.1) is 0 Å². The summed E-state index contributed by atoms with van der Waals surface area (Å²) in [5.41, 5.74) is 1.69. The van der Waals surface area contributed by atoms with Gasteiger partial charge in [-0.1, -0.05) is 26.0 Å². The zero-order chi connectivity index (χ0) is 13.7. The van der Waals surface area contributed by atoms with Crippen LogP contribution >= 0.6 is 0 Å². The molecule has 1 fully saturated rings. The van der Waals surface area contributed by atoms with Crippen molar-refractivity contribution in [1.29, 1.82) is 0 Å². The molecule has 0 aromatic heterocycles. The van der Waals surface area contributed by atoms with E-state index in [9.17, 15) is 0 Å². The lowest BCUT2D eigenvalue weighted by Gasteiger charge is -2.32. The van der Waals surface area contributed by atoms with Gasteiger partial charge in [0.1, 0.15) is 5.75 Å². The topological polar surface area (TPSA) is 21.3 Å². The molecule has 0 radical (unpaired) electrons. The van der Waals surface area contributed by atoms with E-state index in [1.807, 2.05) is 13.0 Å². The van der Waals surface area contributed by atoms with Gasteiger partial charge in [0.05, 0.1) is 6.61 Å². The largest absolute Gasteiger partial charge is 0.494 e. The SMILES string of the molecule is CCOc1cccc(CC2(CC(C)C)CCCN2)c1. The molecule has 1 heterocycles. The van der Waals surface area contributed by atoms with Gasteiger partial charge in [-0.3, -0.25) is 0 Å². The maximum Gasteiger partial charge on any atom is 0.119 e. The van der Waals surface area contributed by atoms with Crippen LogP contribution in [-0.2, 0) is 6.42 Å². The Labute approximate surface area is 117 Å². The Morgan fingerprint density at radius 3 is 2.84 bits per heavy atom. The molecule has 2 heteroatoms. The van der Waals surface area contributed by atoms with Gasteiger partial charge < -0.3 is 10.1 Å². The Kier molecular flexibility index (Phi) is 4.87. The molecule has 0 amide bonds. The first kappa shape index (κ1) is 14.4. The second kappa shape index (κ2) is 6.42. The molecule has 0 bridgehead atoms. The van der Waals surface area contributed by atoms with Crippen LogP contribution in [0, 0.1) is 5.92 Å². The molecule has 1 aliphatic rings. The first-order valence-electron chi connectivity index (χ1n) is 7.60. The summed E-state index contributed by atoms with van der Waals surface area (Å²) in [5.74, 6) is 1.73. The zero-order valence-electron chi connectivity index (χ0n) is 12.5. The van der Waals surface area contributed by atoms with Crippen LogP contribution in [0.2, 0.25) is 0 Å². The highest BCUT2D eigenvalue weighted by Crippen LogP contribution is 2.31. The molecule has 19 heavy (non-hydrogen) atoms. The van der Waals surface area contributed by atoms with E-state index in [0.717, 1.165) is 31.2 Å². The Morgan fingerprint density at radius 1 is 1.37 bits per heavy atom. The third-order valence-corrected chi connectivity index (χ3v) is 3.88. The van der Waals surface area contributed by atoms with Gasteiger partial charge in [-0.25, -0.2) is 0 Å². The van der Waals surface area contributed by atoms with Crippen molar-refractivity contribution in [1.82, 2.24) is 5.32 Å². The molecule has 0 saturated carbocycles. The molecule has 1 aromatic rings. The standard InChI is InChI=1S/C17H27NO/c1-4-19-16-8-5-7-15(11-16)13-17(12-14(2)3)9-6-10-18-17/h5,7-8,11,14,18H,4,6,9-10,12-13H2,1-3H3.